The van der Waals surface area contributed by atoms with Crippen LogP contribution < -0.4 is 6.15 Å². The second-order valence-electron chi connectivity index (χ2n) is 11.3. The second-order valence-corrected chi connectivity index (χ2v) is 17.6. The molecule has 0 rings (SSSR count). The average Bonchev–Trinajstić information content (AvgIpc) is 2.88. The van der Waals surface area contributed by atoms with E-state index in [1.165, 1.54) is 178 Å². The van der Waals surface area contributed by atoms with Crippen molar-refractivity contribution in [2.75, 3.05) is 12.4 Å². The third kappa shape index (κ3) is 34.9. The van der Waals surface area contributed by atoms with Crippen molar-refractivity contribution in [1.82, 2.24) is 6.15 Å². The van der Waals surface area contributed by atoms with Gasteiger partial charge in [0.1, 0.15) is 0 Å². The SMILES string of the molecule is CCCCCCCCCCCCCCCCOP(O)(=S)SCCCCCCCCCCCCCCCC.N. The van der Waals surface area contributed by atoms with Crippen molar-refractivity contribution in [2.45, 2.75) is 194 Å². The summed E-state index contributed by atoms with van der Waals surface area (Å²) >= 11 is 6.86. The minimum absolute atomic E-state index is 0. The van der Waals surface area contributed by atoms with Gasteiger partial charge in [0.15, 0.2) is 0 Å². The third-order valence-electron chi connectivity index (χ3n) is 7.50. The van der Waals surface area contributed by atoms with E-state index in [-0.39, 0.29) is 6.15 Å². The monoisotopic (exact) mass is 595 g/mol. The van der Waals surface area contributed by atoms with Crippen molar-refractivity contribution in [3.63, 3.8) is 0 Å². The Balaban J connectivity index is 0. The van der Waals surface area contributed by atoms with Gasteiger partial charge in [-0.3, -0.25) is 0 Å². The van der Waals surface area contributed by atoms with Gasteiger partial charge in [0, 0.05) is 5.75 Å². The maximum atomic E-state index is 10.4. The van der Waals surface area contributed by atoms with E-state index in [2.05, 4.69) is 13.8 Å². The van der Waals surface area contributed by atoms with E-state index in [9.17, 15) is 4.89 Å². The standard InChI is InChI=1S/C32H67O2PS2.H3N/c1-3-5-7-9-11-13-15-17-19-21-23-25-27-29-31-34-35(33,36)37-32-30-28-26-24-22-20-18-16-14-12-10-8-6-4-2;/h3-32H2,1-2H3,(H,33,36);1H3. The maximum absolute atomic E-state index is 10.4. The predicted molar refractivity (Wildman–Crippen MR) is 181 cm³/mol. The number of unbranched alkanes of at least 4 members (excludes halogenated alkanes) is 26. The van der Waals surface area contributed by atoms with Gasteiger partial charge in [-0.2, -0.15) is 0 Å². The Morgan fingerprint density at radius 1 is 0.474 bits per heavy atom. The third-order valence-corrected chi connectivity index (χ3v) is 11.9. The molecular formula is C32H70NO2PS2. The van der Waals surface area contributed by atoms with Gasteiger partial charge in [0.2, 0.25) is 5.69 Å². The molecule has 6 heteroatoms. The molecule has 0 aromatic rings. The van der Waals surface area contributed by atoms with Gasteiger partial charge in [-0.25, -0.2) is 0 Å². The van der Waals surface area contributed by atoms with Crippen LogP contribution in [0.3, 0.4) is 0 Å². The Labute approximate surface area is 249 Å². The minimum atomic E-state index is -2.62. The Morgan fingerprint density at radius 3 is 1.05 bits per heavy atom. The van der Waals surface area contributed by atoms with Crippen molar-refractivity contribution in [3.8, 4) is 0 Å². The molecule has 0 aromatic heterocycles. The van der Waals surface area contributed by atoms with Gasteiger partial charge in [0.05, 0.1) is 6.61 Å². The minimum Gasteiger partial charge on any atom is -0.344 e. The van der Waals surface area contributed by atoms with E-state index < -0.39 is 5.69 Å². The molecule has 0 aromatic carbocycles. The highest BCUT2D eigenvalue weighted by molar-refractivity contribution is 8.67. The number of hydrogen-bond donors (Lipinski definition) is 2. The summed E-state index contributed by atoms with van der Waals surface area (Å²) in [6, 6.07) is 0. The Bertz CT molecular complexity index is 444. The predicted octanol–water partition coefficient (Wildman–Crippen LogP) is 13.1. The molecule has 0 aliphatic heterocycles. The zero-order chi connectivity index (χ0) is 27.1. The van der Waals surface area contributed by atoms with Crippen molar-refractivity contribution in [3.05, 3.63) is 0 Å². The Morgan fingerprint density at radius 2 is 0.737 bits per heavy atom. The molecule has 0 amide bonds. The summed E-state index contributed by atoms with van der Waals surface area (Å²) < 4.78 is 5.70. The fraction of sp³-hybridized carbons (Fsp3) is 1.00. The van der Waals surface area contributed by atoms with Crippen LogP contribution in [0.2, 0.25) is 0 Å². The highest BCUT2D eigenvalue weighted by atomic mass is 32.9. The lowest BCUT2D eigenvalue weighted by molar-refractivity contribution is 0.307. The molecule has 1 atom stereocenters. The van der Waals surface area contributed by atoms with Crippen LogP contribution in [0.15, 0.2) is 0 Å². The lowest BCUT2D eigenvalue weighted by Gasteiger charge is -2.14. The van der Waals surface area contributed by atoms with Crippen molar-refractivity contribution in [2.24, 2.45) is 0 Å². The molecule has 0 radical (unpaired) electrons. The van der Waals surface area contributed by atoms with E-state index in [4.69, 9.17) is 16.3 Å². The van der Waals surface area contributed by atoms with Crippen molar-refractivity contribution in [1.29, 1.82) is 0 Å². The molecule has 0 bridgehead atoms. The summed E-state index contributed by atoms with van der Waals surface area (Å²) in [7, 11) is 0. The second kappa shape index (κ2) is 34.1. The maximum Gasteiger partial charge on any atom is 0.244 e. The van der Waals surface area contributed by atoms with Gasteiger partial charge in [-0.05, 0) is 24.6 Å². The molecule has 0 aliphatic carbocycles. The van der Waals surface area contributed by atoms with Crippen LogP contribution in [-0.2, 0) is 16.3 Å². The van der Waals surface area contributed by atoms with E-state index >= 15 is 0 Å². The van der Waals surface area contributed by atoms with Crippen LogP contribution in [0.5, 0.6) is 0 Å². The zero-order valence-electron chi connectivity index (χ0n) is 26.0. The average molecular weight is 596 g/mol. The van der Waals surface area contributed by atoms with E-state index in [0.29, 0.717) is 6.61 Å². The quantitative estimate of drug-likeness (QED) is 0.0598. The first-order valence-electron chi connectivity index (χ1n) is 16.7. The van der Waals surface area contributed by atoms with Crippen LogP contribution >= 0.6 is 17.1 Å². The highest BCUT2D eigenvalue weighted by Gasteiger charge is 2.13. The molecule has 232 valence electrons. The topological polar surface area (TPSA) is 64.5 Å². The van der Waals surface area contributed by atoms with E-state index in [0.717, 1.165) is 18.6 Å². The summed E-state index contributed by atoms with van der Waals surface area (Å²) in [5, 5.41) is 0. The van der Waals surface area contributed by atoms with Gasteiger partial charge >= 0.3 is 0 Å². The lowest BCUT2D eigenvalue weighted by Crippen LogP contribution is -1.92. The number of rotatable bonds is 32. The summed E-state index contributed by atoms with van der Waals surface area (Å²) in [5.41, 5.74) is -2.62. The molecular weight excluding hydrogens is 525 g/mol. The lowest BCUT2D eigenvalue weighted by atomic mass is 10.0. The van der Waals surface area contributed by atoms with E-state index in [1.54, 1.807) is 0 Å². The number of hydrogen-bond acceptors (Lipinski definition) is 4. The summed E-state index contributed by atoms with van der Waals surface area (Å²) in [6.45, 7) is 5.21. The molecule has 0 fully saturated rings. The zero-order valence-corrected chi connectivity index (χ0v) is 28.6. The molecule has 0 saturated carbocycles. The fourth-order valence-electron chi connectivity index (χ4n) is 4.99. The van der Waals surface area contributed by atoms with Crippen LogP contribution in [0.4, 0.5) is 0 Å². The molecule has 0 heterocycles. The van der Waals surface area contributed by atoms with Crippen LogP contribution in [0.25, 0.3) is 0 Å². The normalized spacial score (nSPS) is 12.9. The van der Waals surface area contributed by atoms with Gasteiger partial charge in [-0.1, -0.05) is 192 Å². The van der Waals surface area contributed by atoms with Crippen LogP contribution in [-0.4, -0.2) is 17.3 Å². The van der Waals surface area contributed by atoms with Gasteiger partial charge in [0.25, 0.3) is 0 Å². The Kier molecular flexibility index (Phi) is 36.8. The van der Waals surface area contributed by atoms with Crippen molar-refractivity contribution < 1.29 is 9.42 Å². The van der Waals surface area contributed by atoms with E-state index in [1.807, 2.05) is 0 Å². The first-order valence-corrected chi connectivity index (χ1v) is 21.0. The first-order chi connectivity index (χ1) is 18.1. The summed E-state index contributed by atoms with van der Waals surface area (Å²) in [5.74, 6) is 0.949. The molecule has 4 N–H and O–H groups in total. The van der Waals surface area contributed by atoms with Crippen LogP contribution in [0, 0.1) is 0 Å². The molecule has 38 heavy (non-hydrogen) atoms. The largest absolute Gasteiger partial charge is 0.344 e. The smallest absolute Gasteiger partial charge is 0.244 e. The van der Waals surface area contributed by atoms with Crippen molar-refractivity contribution >= 4 is 28.9 Å². The van der Waals surface area contributed by atoms with Gasteiger partial charge in [-0.15, -0.1) is 0 Å². The Hall–Kier alpha value is 0.880. The van der Waals surface area contributed by atoms with Gasteiger partial charge < -0.3 is 15.6 Å². The molecule has 3 nitrogen and oxygen atoms in total. The first kappa shape index (κ1) is 41.0. The highest BCUT2D eigenvalue weighted by Crippen LogP contribution is 2.56. The molecule has 1 unspecified atom stereocenters. The molecule has 0 spiro atoms. The molecule has 0 saturated heterocycles. The molecule has 0 aliphatic rings. The summed E-state index contributed by atoms with van der Waals surface area (Å²) in [6.07, 6.45) is 38.3. The van der Waals surface area contributed by atoms with Crippen LogP contribution in [0.1, 0.15) is 194 Å². The fourth-order valence-corrected chi connectivity index (χ4v) is 8.41. The summed E-state index contributed by atoms with van der Waals surface area (Å²) in [4.78, 5) is 10.4.